The van der Waals surface area contributed by atoms with E-state index in [9.17, 15) is 22.8 Å². The molecule has 48 heavy (non-hydrogen) atoms. The lowest BCUT2D eigenvalue weighted by molar-refractivity contribution is -0.137. The lowest BCUT2D eigenvalue weighted by Gasteiger charge is -2.32. The molecule has 1 aliphatic rings. The fraction of sp³-hybridized carbons (Fsp3) is 0.459. The molecule has 0 saturated heterocycles. The standard InChI is InChI=1S/C35H44F4N4O2.C2H6.H2O.3H2/c1-9-40-33-28(11-10-12-43(33)8)34(45)42-27(13-20(2)3)19-41-30(17-24(7)44)29-18-25(14-23(6)32(29)36)31-21(4)15-26(16-22(31)5)35(37,38)39;1-2;;;;/h9-12,14-16,18,20,27,30,33,40-41H,1,13,17,19H2,2-8H3,(H,42,45);1-2H3;1H2;3*1H/t27-,30-,33?;;;;;/m0...../s1. The van der Waals surface area contributed by atoms with Crippen LogP contribution in [0.1, 0.15) is 85.6 Å². The summed E-state index contributed by atoms with van der Waals surface area (Å²) in [5.74, 6) is -0.703. The summed E-state index contributed by atoms with van der Waals surface area (Å²) in [6.45, 7) is 18.3. The molecule has 1 unspecified atom stereocenters. The summed E-state index contributed by atoms with van der Waals surface area (Å²) in [6.07, 6.45) is 2.61. The zero-order valence-corrected chi connectivity index (χ0v) is 29.5. The summed E-state index contributed by atoms with van der Waals surface area (Å²) in [4.78, 5) is 27.7. The monoisotopic (exact) mass is 682 g/mol. The number of carbonyl (C=O) groups is 2. The smallest absolute Gasteiger partial charge is 0.412 e. The number of likely N-dealkylation sites (N-methyl/N-ethyl adjacent to an activating group) is 1. The topological polar surface area (TPSA) is 105 Å². The lowest BCUT2D eigenvalue weighted by atomic mass is 9.89. The SMILES string of the molecule is C=CNC1C(C(=O)N[C@H](CN[C@@H](CC(C)=O)c2cc(-c3c(C)cc(C(F)(F)F)cc3C)cc(C)c2F)CC(C)C)=CC=CN1C.CC.O.[HH].[HH].[HH]. The second-order valence-corrected chi connectivity index (χ2v) is 12.2. The molecule has 0 aliphatic carbocycles. The molecule has 11 heteroatoms. The van der Waals surface area contributed by atoms with Crippen LogP contribution in [-0.2, 0) is 15.8 Å². The van der Waals surface area contributed by atoms with Crippen LogP contribution in [0.4, 0.5) is 17.6 Å². The van der Waals surface area contributed by atoms with E-state index in [1.165, 1.54) is 13.1 Å². The zero-order valence-electron chi connectivity index (χ0n) is 29.5. The number of halogens is 4. The second-order valence-electron chi connectivity index (χ2n) is 12.2. The number of carbonyl (C=O) groups excluding carboxylic acids is 2. The first kappa shape index (κ1) is 42.1. The number of ketones is 1. The normalized spacial score (nSPS) is 15.4. The van der Waals surface area contributed by atoms with Gasteiger partial charge < -0.3 is 26.3 Å². The van der Waals surface area contributed by atoms with Gasteiger partial charge in [-0.15, -0.1) is 0 Å². The highest BCUT2D eigenvalue weighted by Gasteiger charge is 2.32. The maximum atomic E-state index is 15.8. The first-order valence-corrected chi connectivity index (χ1v) is 16.0. The third kappa shape index (κ3) is 11.1. The fourth-order valence-electron chi connectivity index (χ4n) is 5.87. The minimum Gasteiger partial charge on any atom is -0.412 e. The molecule has 3 atom stereocenters. The zero-order chi connectivity index (χ0) is 35.6. The Bertz CT molecular complexity index is 1480. The van der Waals surface area contributed by atoms with Crippen molar-refractivity contribution in [3.8, 4) is 11.1 Å². The Labute approximate surface area is 287 Å². The van der Waals surface area contributed by atoms with Gasteiger partial charge in [-0.2, -0.15) is 13.2 Å². The molecule has 2 aromatic rings. The Morgan fingerprint density at radius 2 is 1.67 bits per heavy atom. The molecule has 7 nitrogen and oxygen atoms in total. The van der Waals surface area contributed by atoms with Crippen LogP contribution in [0.25, 0.3) is 11.1 Å². The van der Waals surface area contributed by atoms with Crippen molar-refractivity contribution in [2.24, 2.45) is 5.92 Å². The number of nitrogens with one attached hydrogen (secondary N) is 3. The van der Waals surface area contributed by atoms with Gasteiger partial charge in [0.25, 0.3) is 5.91 Å². The molecule has 3 rings (SSSR count). The van der Waals surface area contributed by atoms with Crippen molar-refractivity contribution in [2.75, 3.05) is 13.6 Å². The fourth-order valence-corrected chi connectivity index (χ4v) is 5.87. The van der Waals surface area contributed by atoms with Crippen LogP contribution >= 0.6 is 0 Å². The molecule has 0 saturated carbocycles. The van der Waals surface area contributed by atoms with E-state index in [4.69, 9.17) is 0 Å². The van der Waals surface area contributed by atoms with Crippen molar-refractivity contribution in [2.45, 2.75) is 92.7 Å². The molecular formula is C37H58F4N4O3. The van der Waals surface area contributed by atoms with Crippen LogP contribution in [-0.4, -0.2) is 47.9 Å². The summed E-state index contributed by atoms with van der Waals surface area (Å²) in [5, 5.41) is 9.52. The number of hydrogen-bond donors (Lipinski definition) is 3. The number of amides is 1. The quantitative estimate of drug-likeness (QED) is 0.186. The maximum Gasteiger partial charge on any atom is 0.416 e. The Kier molecular flexibility index (Phi) is 16.3. The van der Waals surface area contributed by atoms with Crippen LogP contribution in [0.5, 0.6) is 0 Å². The summed E-state index contributed by atoms with van der Waals surface area (Å²) >= 11 is 0. The number of Topliss-reactive ketones (excluding diaryl/α,β-unsaturated/α-hetero) is 1. The van der Waals surface area contributed by atoms with Crippen LogP contribution in [0.3, 0.4) is 0 Å². The average Bonchev–Trinajstić information content (AvgIpc) is 2.97. The predicted molar refractivity (Wildman–Crippen MR) is 192 cm³/mol. The van der Waals surface area contributed by atoms with E-state index in [0.717, 1.165) is 12.1 Å². The summed E-state index contributed by atoms with van der Waals surface area (Å²) in [6, 6.07) is 4.33. The molecule has 1 heterocycles. The van der Waals surface area contributed by atoms with E-state index in [2.05, 4.69) is 22.5 Å². The van der Waals surface area contributed by atoms with E-state index in [-0.39, 0.29) is 51.9 Å². The second kappa shape index (κ2) is 18.5. The molecule has 1 amide bonds. The minimum atomic E-state index is -4.49. The van der Waals surface area contributed by atoms with Gasteiger partial charge in [0, 0.05) is 48.1 Å². The number of rotatable bonds is 13. The van der Waals surface area contributed by atoms with Crippen LogP contribution in [0.2, 0.25) is 0 Å². The average molecular weight is 683 g/mol. The molecule has 0 bridgehead atoms. The molecule has 2 aromatic carbocycles. The van der Waals surface area contributed by atoms with Gasteiger partial charge in [0.15, 0.2) is 0 Å². The van der Waals surface area contributed by atoms with Gasteiger partial charge >= 0.3 is 6.18 Å². The van der Waals surface area contributed by atoms with Crippen molar-refractivity contribution in [3.05, 3.63) is 94.6 Å². The highest BCUT2D eigenvalue weighted by atomic mass is 19.4. The first-order chi connectivity index (χ1) is 22.0. The number of aryl methyl sites for hydroxylation is 3. The van der Waals surface area contributed by atoms with Crippen LogP contribution in [0.15, 0.2) is 61.0 Å². The van der Waals surface area contributed by atoms with Gasteiger partial charge in [0.05, 0.1) is 11.1 Å². The number of hydrogen-bond acceptors (Lipinski definition) is 5. The van der Waals surface area contributed by atoms with Crippen LogP contribution in [0, 0.1) is 32.5 Å². The van der Waals surface area contributed by atoms with Crippen molar-refractivity contribution in [1.82, 2.24) is 20.9 Å². The Morgan fingerprint density at radius 3 is 2.19 bits per heavy atom. The van der Waals surface area contributed by atoms with Crippen molar-refractivity contribution in [1.29, 1.82) is 0 Å². The molecular weight excluding hydrogens is 624 g/mol. The Morgan fingerprint density at radius 1 is 1.06 bits per heavy atom. The van der Waals surface area contributed by atoms with Crippen molar-refractivity contribution >= 4 is 11.7 Å². The van der Waals surface area contributed by atoms with E-state index < -0.39 is 29.8 Å². The van der Waals surface area contributed by atoms with Gasteiger partial charge in [-0.3, -0.25) is 9.59 Å². The van der Waals surface area contributed by atoms with Gasteiger partial charge in [-0.1, -0.05) is 34.3 Å². The molecule has 0 aromatic heterocycles. The van der Waals surface area contributed by atoms with Crippen molar-refractivity contribution < 1.29 is 36.9 Å². The van der Waals surface area contributed by atoms with Gasteiger partial charge in [-0.05, 0) is 110 Å². The van der Waals surface area contributed by atoms with Crippen LogP contribution < -0.4 is 16.0 Å². The molecule has 0 radical (unpaired) electrons. The van der Waals surface area contributed by atoms with E-state index in [0.29, 0.717) is 39.8 Å². The first-order valence-electron chi connectivity index (χ1n) is 16.0. The van der Waals surface area contributed by atoms with Gasteiger partial charge in [0.2, 0.25) is 0 Å². The van der Waals surface area contributed by atoms with Crippen molar-refractivity contribution in [3.63, 3.8) is 0 Å². The largest absolute Gasteiger partial charge is 0.416 e. The summed E-state index contributed by atoms with van der Waals surface area (Å²) in [5.41, 5.74) is 2.29. The third-order valence-electron chi connectivity index (χ3n) is 7.84. The highest BCUT2D eigenvalue weighted by Crippen LogP contribution is 2.37. The number of alkyl halides is 3. The predicted octanol–water partition coefficient (Wildman–Crippen LogP) is 7.96. The lowest BCUT2D eigenvalue weighted by Crippen LogP contribution is -2.50. The molecule has 1 aliphatic heterocycles. The third-order valence-corrected chi connectivity index (χ3v) is 7.84. The molecule has 0 spiro atoms. The van der Waals surface area contributed by atoms with Gasteiger partial charge in [0.1, 0.15) is 17.8 Å². The minimum absolute atomic E-state index is 0. The molecule has 272 valence electrons. The Balaban J connectivity index is -0.00000377. The van der Waals surface area contributed by atoms with Gasteiger partial charge in [-0.25, -0.2) is 4.39 Å². The van der Waals surface area contributed by atoms with E-state index >= 15 is 4.39 Å². The van der Waals surface area contributed by atoms with E-state index in [1.807, 2.05) is 45.8 Å². The number of nitrogens with zero attached hydrogens (tertiary/aromatic N) is 1. The highest BCUT2D eigenvalue weighted by molar-refractivity contribution is 5.95. The summed E-state index contributed by atoms with van der Waals surface area (Å²) < 4.78 is 56.1. The van der Waals surface area contributed by atoms with E-state index in [1.54, 1.807) is 45.1 Å². The number of benzene rings is 2. The molecule has 5 N–H and O–H groups in total. The summed E-state index contributed by atoms with van der Waals surface area (Å²) in [7, 11) is 1.84. The number of allylic oxidation sites excluding steroid dienone is 2. The molecule has 0 fully saturated rings. The maximum absolute atomic E-state index is 15.8. The Hall–Kier alpha value is -3.96.